The van der Waals surface area contributed by atoms with Crippen molar-refractivity contribution in [2.24, 2.45) is 5.73 Å². The highest BCUT2D eigenvalue weighted by Gasteiger charge is 2.22. The number of rotatable bonds is 26. The minimum Gasteiger partial charge on any atom is -0.480 e. The van der Waals surface area contributed by atoms with Crippen LogP contribution < -0.4 is 64.2 Å². The van der Waals surface area contributed by atoms with E-state index in [4.69, 9.17) is 21.1 Å². The van der Waals surface area contributed by atoms with Crippen LogP contribution in [0.5, 0.6) is 0 Å². The Morgan fingerprint density at radius 2 is 0.600 bits per heavy atom. The van der Waals surface area contributed by atoms with Gasteiger partial charge in [0.25, 0.3) is 0 Å². The molecule has 0 fully saturated rings. The third kappa shape index (κ3) is 22.9. The maximum absolute atomic E-state index is 12.3. The van der Waals surface area contributed by atoms with Gasteiger partial charge in [-0.2, -0.15) is 0 Å². The van der Waals surface area contributed by atoms with Crippen LogP contribution in [0.4, 0.5) is 0 Å². The Bertz CT molecular complexity index is 1430. The maximum atomic E-state index is 12.3. The van der Waals surface area contributed by atoms with Crippen molar-refractivity contribution in [3.8, 4) is 0 Å². The third-order valence-corrected chi connectivity index (χ3v) is 6.19. The predicted octanol–water partition coefficient (Wildman–Crippen LogP) is -12.6. The van der Waals surface area contributed by atoms with Crippen molar-refractivity contribution in [2.45, 2.75) is 18.1 Å². The van der Waals surface area contributed by atoms with Crippen LogP contribution in [0.1, 0.15) is 0 Å². The van der Waals surface area contributed by atoms with Crippen molar-refractivity contribution < 1.29 is 78.0 Å². The van der Waals surface area contributed by atoms with Crippen LogP contribution in [0.2, 0.25) is 0 Å². The minimum atomic E-state index is -1.58. The van der Waals surface area contributed by atoms with Gasteiger partial charge in [0.1, 0.15) is 18.1 Å². The summed E-state index contributed by atoms with van der Waals surface area (Å²) in [6.45, 7) is -8.30. The second-order valence-electron chi connectivity index (χ2n) is 10.5. The SMILES string of the molecule is NCC(=O)N[C@@H](CO)C(=O)NCC(=O)NCC(=O)NCC(=O)NCC(=O)N[C@@H](CO)C(=O)NCC(=O)NCC(=O)NCC(=O)NCC(=O)N[C@@H](CO)C(=O)O. The molecule has 0 aliphatic heterocycles. The van der Waals surface area contributed by atoms with E-state index in [1.54, 1.807) is 0 Å². The van der Waals surface area contributed by atoms with E-state index in [0.29, 0.717) is 0 Å². The minimum absolute atomic E-state index is 0.441. The van der Waals surface area contributed by atoms with Crippen molar-refractivity contribution in [3.63, 3.8) is 0 Å². The smallest absolute Gasteiger partial charge is 0.328 e. The summed E-state index contributed by atoms with van der Waals surface area (Å²) in [7, 11) is 0. The normalized spacial score (nSPS) is 11.8. The molecule has 28 heteroatoms. The molecule has 0 saturated carbocycles. The van der Waals surface area contributed by atoms with Gasteiger partial charge in [-0.3, -0.25) is 52.7 Å². The van der Waals surface area contributed by atoms with Gasteiger partial charge in [0.2, 0.25) is 65.0 Å². The lowest BCUT2D eigenvalue weighted by atomic mass is 10.3. The molecule has 55 heavy (non-hydrogen) atoms. The highest BCUT2D eigenvalue weighted by atomic mass is 16.4. The lowest BCUT2D eigenvalue weighted by Crippen LogP contribution is -2.53. The average molecular weight is 793 g/mol. The first-order chi connectivity index (χ1) is 25.9. The van der Waals surface area contributed by atoms with Crippen LogP contribution in [0, 0.1) is 0 Å². The number of hydrogen-bond donors (Lipinski definition) is 16. The first-order valence-electron chi connectivity index (χ1n) is 15.7. The quantitative estimate of drug-likeness (QED) is 0.0387. The molecule has 0 spiro atoms. The van der Waals surface area contributed by atoms with Crippen LogP contribution in [0.15, 0.2) is 0 Å². The molecule has 0 aromatic carbocycles. The molecule has 0 radical (unpaired) electrons. The van der Waals surface area contributed by atoms with Crippen molar-refractivity contribution in [3.05, 3.63) is 0 Å². The van der Waals surface area contributed by atoms with Gasteiger partial charge in [-0.15, -0.1) is 0 Å². The number of nitrogens with one attached hydrogen (secondary N) is 11. The first kappa shape index (κ1) is 48.5. The molecule has 0 saturated heterocycles. The second-order valence-corrected chi connectivity index (χ2v) is 10.5. The first-order valence-corrected chi connectivity index (χ1v) is 15.7. The van der Waals surface area contributed by atoms with Crippen LogP contribution in [-0.4, -0.2) is 188 Å². The van der Waals surface area contributed by atoms with Crippen molar-refractivity contribution in [1.29, 1.82) is 0 Å². The second kappa shape index (κ2) is 27.1. The molecule has 0 aliphatic rings. The molecule has 28 nitrogen and oxygen atoms in total. The van der Waals surface area contributed by atoms with E-state index < -0.39 is 168 Å². The standard InChI is InChI=1S/C27H44N12O16/c28-1-16(43)37-13(10-40)25(52)35-6-21(48)31-2-17(44)29-4-19(46)33-8-23(50)38-14(11-41)26(53)36-7-22(49)32-3-18(45)30-5-20(47)34-9-24(51)39-15(12-42)27(54)55/h13-15,40-42H,1-12,28H2,(H,29,44)(H,30,45)(H,31,48)(H,32,49)(H,33,46)(H,34,47)(H,35,52)(H,36,53)(H,37,43)(H,38,50)(H,39,51)(H,54,55)/t13-,14-,15-/m0/s1. The highest BCUT2D eigenvalue weighted by molar-refractivity contribution is 5.95. The van der Waals surface area contributed by atoms with E-state index in [-0.39, 0.29) is 0 Å². The molecular weight excluding hydrogens is 748 g/mol. The van der Waals surface area contributed by atoms with Crippen LogP contribution in [0.25, 0.3) is 0 Å². The molecule has 0 bridgehead atoms. The predicted molar refractivity (Wildman–Crippen MR) is 178 cm³/mol. The Morgan fingerprint density at radius 1 is 0.364 bits per heavy atom. The summed E-state index contributed by atoms with van der Waals surface area (Å²) < 4.78 is 0. The zero-order valence-electron chi connectivity index (χ0n) is 29.0. The van der Waals surface area contributed by atoms with Gasteiger partial charge in [-0.1, -0.05) is 0 Å². The molecule has 3 atom stereocenters. The fourth-order valence-corrected chi connectivity index (χ4v) is 3.35. The van der Waals surface area contributed by atoms with E-state index in [1.807, 2.05) is 5.32 Å². The fraction of sp³-hybridized carbons (Fsp3) is 0.556. The number of carbonyl (C=O) groups is 12. The third-order valence-electron chi connectivity index (χ3n) is 6.19. The molecular formula is C27H44N12O16. The van der Waals surface area contributed by atoms with Gasteiger partial charge in [0.05, 0.1) is 78.7 Å². The van der Waals surface area contributed by atoms with Gasteiger partial charge in [0.15, 0.2) is 0 Å². The lowest BCUT2D eigenvalue weighted by molar-refractivity contribution is -0.142. The molecule has 0 aliphatic carbocycles. The largest absolute Gasteiger partial charge is 0.480 e. The number of aliphatic carboxylic acids is 1. The van der Waals surface area contributed by atoms with Gasteiger partial charge < -0.3 is 84.6 Å². The van der Waals surface area contributed by atoms with Crippen molar-refractivity contribution >= 4 is 70.9 Å². The van der Waals surface area contributed by atoms with Crippen LogP contribution in [0.3, 0.4) is 0 Å². The average Bonchev–Trinajstić information content (AvgIpc) is 3.16. The Hall–Kier alpha value is -6.52. The zero-order chi connectivity index (χ0) is 41.9. The van der Waals surface area contributed by atoms with E-state index >= 15 is 0 Å². The summed E-state index contributed by atoms with van der Waals surface area (Å²) in [6.07, 6.45) is 0. The molecule has 0 rings (SSSR count). The summed E-state index contributed by atoms with van der Waals surface area (Å²) in [6, 6.07) is -4.51. The number of amides is 11. The summed E-state index contributed by atoms with van der Waals surface area (Å²) in [5.41, 5.74) is 5.10. The van der Waals surface area contributed by atoms with E-state index in [2.05, 4.69) is 53.2 Å². The van der Waals surface area contributed by atoms with Crippen molar-refractivity contribution in [1.82, 2.24) is 58.5 Å². The van der Waals surface area contributed by atoms with E-state index in [9.17, 15) is 62.6 Å². The number of aliphatic hydroxyl groups is 3. The Morgan fingerprint density at radius 3 is 0.855 bits per heavy atom. The molecule has 0 unspecified atom stereocenters. The van der Waals surface area contributed by atoms with Gasteiger partial charge in [0, 0.05) is 0 Å². The van der Waals surface area contributed by atoms with Gasteiger partial charge in [-0.25, -0.2) is 4.79 Å². The zero-order valence-corrected chi connectivity index (χ0v) is 29.0. The molecule has 0 aromatic rings. The number of nitrogens with two attached hydrogens (primary N) is 1. The monoisotopic (exact) mass is 792 g/mol. The van der Waals surface area contributed by atoms with Crippen LogP contribution in [-0.2, 0) is 57.5 Å². The summed E-state index contributed by atoms with van der Waals surface area (Å²) in [5.74, 6) is -11.2. The molecule has 0 aromatic heterocycles. The summed E-state index contributed by atoms with van der Waals surface area (Å²) in [5, 5.41) is 59.2. The molecule has 17 N–H and O–H groups in total. The van der Waals surface area contributed by atoms with E-state index in [0.717, 1.165) is 0 Å². The number of carboxylic acids is 1. The topological polar surface area (TPSA) is 444 Å². The molecule has 11 amide bonds. The maximum Gasteiger partial charge on any atom is 0.328 e. The van der Waals surface area contributed by atoms with Gasteiger partial charge in [-0.05, 0) is 0 Å². The fourth-order valence-electron chi connectivity index (χ4n) is 3.35. The molecule has 308 valence electrons. The highest BCUT2D eigenvalue weighted by Crippen LogP contribution is 1.86. The Labute approximate surface area is 310 Å². The Balaban J connectivity index is 4.32. The number of carbonyl (C=O) groups excluding carboxylic acids is 11. The summed E-state index contributed by atoms with van der Waals surface area (Å²) >= 11 is 0. The molecule has 0 heterocycles. The number of hydrogen-bond acceptors (Lipinski definition) is 16. The van der Waals surface area contributed by atoms with E-state index in [1.165, 1.54) is 0 Å². The van der Waals surface area contributed by atoms with Gasteiger partial charge >= 0.3 is 5.97 Å². The Kier molecular flexibility index (Phi) is 23.9. The number of carboxylic acid groups (broad SMARTS) is 1. The van der Waals surface area contributed by atoms with Crippen LogP contribution >= 0.6 is 0 Å². The van der Waals surface area contributed by atoms with Crippen molar-refractivity contribution in [2.75, 3.05) is 78.7 Å². The lowest BCUT2D eigenvalue weighted by Gasteiger charge is -2.16. The number of aliphatic hydroxyl groups excluding tert-OH is 3. The summed E-state index contributed by atoms with van der Waals surface area (Å²) in [4.78, 5) is 141.